The quantitative estimate of drug-likeness (QED) is 0.855. The zero-order valence-electron chi connectivity index (χ0n) is 12.3. The summed E-state index contributed by atoms with van der Waals surface area (Å²) in [5, 5.41) is 4.65. The first-order chi connectivity index (χ1) is 9.90. The standard InChI is InChI=1S/C13H21N3O3S2/c1-14-13(17)11-8-15(10-12-4-3-7-20-12)5-6-16(9-11)21(2,18)19/h3-4,7,11H,5-6,8-10H2,1-2H3,(H,14,17)/t11-/m1/s1. The van der Waals surface area contributed by atoms with E-state index < -0.39 is 10.0 Å². The average molecular weight is 331 g/mol. The van der Waals surface area contributed by atoms with E-state index in [0.717, 1.165) is 6.54 Å². The number of hydrogen-bond acceptors (Lipinski definition) is 5. The zero-order valence-corrected chi connectivity index (χ0v) is 13.9. The van der Waals surface area contributed by atoms with Crippen LogP contribution in [0.2, 0.25) is 0 Å². The van der Waals surface area contributed by atoms with Gasteiger partial charge in [-0.3, -0.25) is 9.69 Å². The second kappa shape index (κ2) is 6.87. The van der Waals surface area contributed by atoms with Gasteiger partial charge < -0.3 is 5.32 Å². The summed E-state index contributed by atoms with van der Waals surface area (Å²) in [6.45, 7) is 2.64. The Morgan fingerprint density at radius 1 is 1.43 bits per heavy atom. The Hall–Kier alpha value is -0.960. The minimum absolute atomic E-state index is 0.110. The Balaban J connectivity index is 2.13. The molecular formula is C13H21N3O3S2. The number of amides is 1. The zero-order chi connectivity index (χ0) is 15.5. The first-order valence-corrected chi connectivity index (χ1v) is 9.54. The van der Waals surface area contributed by atoms with Crippen LogP contribution in [0.15, 0.2) is 17.5 Å². The van der Waals surface area contributed by atoms with E-state index in [4.69, 9.17) is 0 Å². The van der Waals surface area contributed by atoms with Crippen molar-refractivity contribution in [2.45, 2.75) is 6.54 Å². The molecule has 1 aromatic rings. The summed E-state index contributed by atoms with van der Waals surface area (Å²) < 4.78 is 25.0. The van der Waals surface area contributed by atoms with Gasteiger partial charge in [0.05, 0.1) is 12.2 Å². The third-order valence-electron chi connectivity index (χ3n) is 3.61. The molecule has 2 heterocycles. The van der Waals surface area contributed by atoms with Crippen molar-refractivity contribution in [3.8, 4) is 0 Å². The topological polar surface area (TPSA) is 69.7 Å². The molecule has 0 radical (unpaired) electrons. The van der Waals surface area contributed by atoms with Gasteiger partial charge in [0.1, 0.15) is 0 Å². The first kappa shape index (κ1) is 16.4. The van der Waals surface area contributed by atoms with Crippen molar-refractivity contribution >= 4 is 27.3 Å². The SMILES string of the molecule is CNC(=O)[C@@H]1CN(Cc2cccs2)CCN(S(C)(=O)=O)C1. The monoisotopic (exact) mass is 331 g/mol. The van der Waals surface area contributed by atoms with Crippen LogP contribution in [0, 0.1) is 5.92 Å². The van der Waals surface area contributed by atoms with Crippen LogP contribution in [0.3, 0.4) is 0 Å². The fourth-order valence-corrected chi connectivity index (χ4v) is 4.10. The van der Waals surface area contributed by atoms with Gasteiger partial charge in [0.25, 0.3) is 0 Å². The Labute approximate surface area is 129 Å². The highest BCUT2D eigenvalue weighted by Gasteiger charge is 2.31. The van der Waals surface area contributed by atoms with Gasteiger partial charge in [-0.25, -0.2) is 12.7 Å². The van der Waals surface area contributed by atoms with Crippen molar-refractivity contribution in [2.75, 3.05) is 39.5 Å². The van der Waals surface area contributed by atoms with Gasteiger partial charge in [0, 0.05) is 44.6 Å². The molecule has 0 saturated carbocycles. The lowest BCUT2D eigenvalue weighted by Gasteiger charge is -2.22. The van der Waals surface area contributed by atoms with E-state index in [1.54, 1.807) is 18.4 Å². The summed E-state index contributed by atoms with van der Waals surface area (Å²) >= 11 is 1.67. The molecule has 8 heteroatoms. The number of sulfonamides is 1. The molecule has 0 unspecified atom stereocenters. The van der Waals surface area contributed by atoms with Gasteiger partial charge >= 0.3 is 0 Å². The van der Waals surface area contributed by atoms with Crippen LogP contribution in [0.5, 0.6) is 0 Å². The minimum Gasteiger partial charge on any atom is -0.359 e. The molecule has 0 spiro atoms. The van der Waals surface area contributed by atoms with Gasteiger partial charge in [-0.15, -0.1) is 11.3 Å². The summed E-state index contributed by atoms with van der Waals surface area (Å²) in [4.78, 5) is 15.4. The summed E-state index contributed by atoms with van der Waals surface area (Å²) in [7, 11) is -1.70. The van der Waals surface area contributed by atoms with Crippen molar-refractivity contribution in [1.82, 2.24) is 14.5 Å². The second-order valence-corrected chi connectivity index (χ2v) is 8.26. The molecule has 1 aliphatic rings. The maximum Gasteiger partial charge on any atom is 0.225 e. The number of rotatable bonds is 4. The number of thiophene rings is 1. The fourth-order valence-electron chi connectivity index (χ4n) is 2.49. The Bertz CT molecular complexity index is 571. The van der Waals surface area contributed by atoms with Crippen molar-refractivity contribution in [3.63, 3.8) is 0 Å². The molecule has 0 bridgehead atoms. The summed E-state index contributed by atoms with van der Waals surface area (Å²) in [5.41, 5.74) is 0. The van der Waals surface area contributed by atoms with Gasteiger partial charge in [-0.05, 0) is 11.4 Å². The van der Waals surface area contributed by atoms with Crippen LogP contribution in [0.25, 0.3) is 0 Å². The summed E-state index contributed by atoms with van der Waals surface area (Å²) in [6, 6.07) is 4.05. The number of carbonyl (C=O) groups is 1. The van der Waals surface area contributed by atoms with E-state index in [1.165, 1.54) is 15.4 Å². The maximum absolute atomic E-state index is 12.0. The highest BCUT2D eigenvalue weighted by atomic mass is 32.2. The Kier molecular flexibility index (Phi) is 5.37. The van der Waals surface area contributed by atoms with Crippen LogP contribution in [-0.4, -0.2) is 63.0 Å². The lowest BCUT2D eigenvalue weighted by atomic mass is 10.1. The van der Waals surface area contributed by atoms with Crippen molar-refractivity contribution in [2.24, 2.45) is 5.92 Å². The van der Waals surface area contributed by atoms with E-state index >= 15 is 0 Å². The van der Waals surface area contributed by atoms with Gasteiger partial charge in [-0.1, -0.05) is 6.07 Å². The molecule has 2 rings (SSSR count). The lowest BCUT2D eigenvalue weighted by Crippen LogP contribution is -2.41. The molecular weight excluding hydrogens is 310 g/mol. The molecule has 1 atom stereocenters. The molecule has 1 fully saturated rings. The minimum atomic E-state index is -3.28. The van der Waals surface area contributed by atoms with E-state index in [2.05, 4.69) is 16.3 Å². The first-order valence-electron chi connectivity index (χ1n) is 6.81. The van der Waals surface area contributed by atoms with Crippen molar-refractivity contribution < 1.29 is 13.2 Å². The van der Waals surface area contributed by atoms with Crippen LogP contribution in [-0.2, 0) is 21.4 Å². The average Bonchev–Trinajstić information content (AvgIpc) is 2.82. The van der Waals surface area contributed by atoms with Gasteiger partial charge in [-0.2, -0.15) is 0 Å². The normalized spacial score (nSPS) is 21.9. The fraction of sp³-hybridized carbons (Fsp3) is 0.615. The maximum atomic E-state index is 12.0. The number of hydrogen-bond donors (Lipinski definition) is 1. The molecule has 1 N–H and O–H groups in total. The van der Waals surface area contributed by atoms with Crippen LogP contribution in [0.4, 0.5) is 0 Å². The molecule has 1 amide bonds. The van der Waals surface area contributed by atoms with E-state index in [9.17, 15) is 13.2 Å². The number of nitrogens with one attached hydrogen (secondary N) is 1. The summed E-state index contributed by atoms with van der Waals surface area (Å²) in [6.07, 6.45) is 1.20. The molecule has 1 saturated heterocycles. The van der Waals surface area contributed by atoms with Crippen LogP contribution < -0.4 is 5.32 Å². The highest BCUT2D eigenvalue weighted by molar-refractivity contribution is 7.88. The molecule has 1 aliphatic heterocycles. The second-order valence-electron chi connectivity index (χ2n) is 5.25. The van der Waals surface area contributed by atoms with Crippen LogP contribution >= 0.6 is 11.3 Å². The molecule has 21 heavy (non-hydrogen) atoms. The molecule has 1 aromatic heterocycles. The van der Waals surface area contributed by atoms with Gasteiger partial charge in [0.15, 0.2) is 0 Å². The predicted octanol–water partition coefficient (Wildman–Crippen LogP) is 0.188. The van der Waals surface area contributed by atoms with E-state index in [-0.39, 0.29) is 18.4 Å². The molecule has 118 valence electrons. The van der Waals surface area contributed by atoms with Crippen molar-refractivity contribution in [3.05, 3.63) is 22.4 Å². The van der Waals surface area contributed by atoms with Gasteiger partial charge in [0.2, 0.25) is 15.9 Å². The molecule has 6 nitrogen and oxygen atoms in total. The third kappa shape index (κ3) is 4.50. The lowest BCUT2D eigenvalue weighted by molar-refractivity contribution is -0.125. The molecule has 0 aliphatic carbocycles. The largest absolute Gasteiger partial charge is 0.359 e. The Morgan fingerprint density at radius 3 is 2.76 bits per heavy atom. The van der Waals surface area contributed by atoms with Crippen LogP contribution in [0.1, 0.15) is 4.88 Å². The van der Waals surface area contributed by atoms with E-state index in [1.807, 2.05) is 11.4 Å². The highest BCUT2D eigenvalue weighted by Crippen LogP contribution is 2.17. The van der Waals surface area contributed by atoms with Crippen molar-refractivity contribution in [1.29, 1.82) is 0 Å². The number of nitrogens with zero attached hydrogens (tertiary/aromatic N) is 2. The third-order valence-corrected chi connectivity index (χ3v) is 5.74. The van der Waals surface area contributed by atoms with E-state index in [0.29, 0.717) is 19.6 Å². The Morgan fingerprint density at radius 2 is 2.19 bits per heavy atom. The molecule has 0 aromatic carbocycles. The summed E-state index contributed by atoms with van der Waals surface area (Å²) in [5.74, 6) is -0.450. The number of carbonyl (C=O) groups excluding carboxylic acids is 1. The smallest absolute Gasteiger partial charge is 0.225 e. The predicted molar refractivity (Wildman–Crippen MR) is 83.6 cm³/mol.